The van der Waals surface area contributed by atoms with Gasteiger partial charge in [-0.25, -0.2) is 0 Å². The molecule has 0 N–H and O–H groups in total. The molecule has 0 saturated carbocycles. The van der Waals surface area contributed by atoms with Gasteiger partial charge < -0.3 is 19.3 Å². The Morgan fingerprint density at radius 2 is 1.45 bits per heavy atom. The Labute approximate surface area is 240 Å². The van der Waals surface area contributed by atoms with E-state index in [0.717, 1.165) is 25.9 Å². The van der Waals surface area contributed by atoms with E-state index in [0.29, 0.717) is 31.2 Å². The summed E-state index contributed by atoms with van der Waals surface area (Å²) in [5, 5.41) is 0. The molecular weight excluding hydrogens is 500 g/mol. The van der Waals surface area contributed by atoms with E-state index in [-0.39, 0.29) is 11.9 Å². The van der Waals surface area contributed by atoms with Gasteiger partial charge in [-0.1, -0.05) is 30.3 Å². The van der Waals surface area contributed by atoms with Crippen LogP contribution in [0, 0.1) is 16.7 Å². The van der Waals surface area contributed by atoms with Gasteiger partial charge in [-0.05, 0) is 89.6 Å². The first-order valence-electron chi connectivity index (χ1n) is 15.0. The Bertz CT molecular complexity index is 1220. The second-order valence-electron chi connectivity index (χ2n) is 13.8. The Balaban J connectivity index is 1.33. The third-order valence-electron chi connectivity index (χ3n) is 8.72. The second kappa shape index (κ2) is 11.1. The number of nitrogens with zero attached hydrogens (tertiary/aromatic N) is 2. The molecule has 216 valence electrons. The van der Waals surface area contributed by atoms with Crippen LogP contribution in [0.3, 0.4) is 0 Å². The van der Waals surface area contributed by atoms with Crippen LogP contribution < -0.4 is 9.80 Å². The molecule has 0 aromatic heterocycles. The molecule has 0 radical (unpaired) electrons. The fourth-order valence-electron chi connectivity index (χ4n) is 6.63. The normalized spacial score (nSPS) is 22.0. The Morgan fingerprint density at radius 3 is 2.10 bits per heavy atom. The van der Waals surface area contributed by atoms with Crippen molar-refractivity contribution in [2.45, 2.75) is 85.7 Å². The van der Waals surface area contributed by atoms with E-state index >= 15 is 0 Å². The van der Waals surface area contributed by atoms with Gasteiger partial charge in [0.15, 0.2) is 0 Å². The van der Waals surface area contributed by atoms with Crippen molar-refractivity contribution < 1.29 is 19.1 Å². The van der Waals surface area contributed by atoms with Crippen LogP contribution in [0.2, 0.25) is 0 Å². The van der Waals surface area contributed by atoms with Crippen LogP contribution in [0.25, 0.3) is 0 Å². The zero-order valence-corrected chi connectivity index (χ0v) is 25.2. The summed E-state index contributed by atoms with van der Waals surface area (Å²) in [6, 6.07) is 16.5. The number of hydrogen-bond donors (Lipinski definition) is 0. The minimum atomic E-state index is -0.486. The van der Waals surface area contributed by atoms with Gasteiger partial charge in [0.1, 0.15) is 0 Å². The maximum atomic E-state index is 12.4. The first-order chi connectivity index (χ1) is 18.9. The number of carbonyl (C=O) groups is 2. The van der Waals surface area contributed by atoms with Gasteiger partial charge in [-0.2, -0.15) is 0 Å². The zero-order valence-electron chi connectivity index (χ0n) is 25.2. The van der Waals surface area contributed by atoms with Crippen molar-refractivity contribution in [1.29, 1.82) is 0 Å². The topological polar surface area (TPSA) is 59.1 Å². The molecule has 40 heavy (non-hydrogen) atoms. The first-order valence-corrected chi connectivity index (χ1v) is 15.0. The van der Waals surface area contributed by atoms with E-state index in [2.05, 4.69) is 52.3 Å². The molecule has 0 bridgehead atoms. The van der Waals surface area contributed by atoms with Gasteiger partial charge in [0.25, 0.3) is 0 Å². The fourth-order valence-corrected chi connectivity index (χ4v) is 6.63. The predicted molar refractivity (Wildman–Crippen MR) is 160 cm³/mol. The highest BCUT2D eigenvalue weighted by molar-refractivity contribution is 5.76. The number of anilines is 2. The first kappa shape index (κ1) is 28.5. The number of fused-ring (bicyclic) bond motifs is 6. The summed E-state index contributed by atoms with van der Waals surface area (Å²) in [6.45, 7) is 14.3. The Morgan fingerprint density at radius 1 is 0.800 bits per heavy atom. The van der Waals surface area contributed by atoms with E-state index in [1.54, 1.807) is 0 Å². The number of carbonyl (C=O) groups excluding carboxylic acids is 2. The predicted octanol–water partition coefficient (Wildman–Crippen LogP) is 6.50. The zero-order chi connectivity index (χ0) is 28.7. The van der Waals surface area contributed by atoms with Crippen LogP contribution in [0.15, 0.2) is 42.5 Å². The van der Waals surface area contributed by atoms with Gasteiger partial charge in [0.05, 0.1) is 30.1 Å². The number of rotatable bonds is 7. The molecule has 0 amide bonds. The molecule has 0 spiro atoms. The highest BCUT2D eigenvalue weighted by Crippen LogP contribution is 2.53. The maximum Gasteiger partial charge on any atom is 0.311 e. The summed E-state index contributed by atoms with van der Waals surface area (Å²) in [5.41, 5.74) is 5.56. The molecule has 6 heteroatoms. The molecule has 0 aliphatic carbocycles. The van der Waals surface area contributed by atoms with E-state index in [4.69, 9.17) is 9.47 Å². The van der Waals surface area contributed by atoms with Gasteiger partial charge >= 0.3 is 11.9 Å². The molecule has 2 saturated heterocycles. The van der Waals surface area contributed by atoms with Gasteiger partial charge in [0.2, 0.25) is 0 Å². The molecular formula is C34H46N2O4. The Kier molecular flexibility index (Phi) is 7.91. The fraction of sp³-hybridized carbons (Fsp3) is 0.588. The minimum Gasteiger partial charge on any atom is -0.465 e. The summed E-state index contributed by atoms with van der Waals surface area (Å²) in [6.07, 6.45) is 5.13. The summed E-state index contributed by atoms with van der Waals surface area (Å²) in [5.74, 6) is 0.311. The van der Waals surface area contributed by atoms with Crippen LogP contribution in [-0.4, -0.2) is 44.3 Å². The molecule has 3 aliphatic heterocycles. The molecule has 3 aliphatic rings. The average Bonchev–Trinajstić information content (AvgIpc) is 3.56. The monoisotopic (exact) mass is 546 g/mol. The smallest absolute Gasteiger partial charge is 0.311 e. The molecule has 2 aromatic rings. The highest BCUT2D eigenvalue weighted by atomic mass is 16.5. The average molecular weight is 547 g/mol. The van der Waals surface area contributed by atoms with Crippen molar-refractivity contribution in [3.63, 3.8) is 0 Å². The van der Waals surface area contributed by atoms with Gasteiger partial charge in [-0.15, -0.1) is 0 Å². The summed E-state index contributed by atoms with van der Waals surface area (Å²) in [4.78, 5) is 29.7. The lowest BCUT2D eigenvalue weighted by atomic mass is 9.80. The number of ether oxygens (including phenoxy) is 2. The molecule has 2 aromatic carbocycles. The van der Waals surface area contributed by atoms with Crippen molar-refractivity contribution in [3.8, 4) is 0 Å². The maximum absolute atomic E-state index is 12.4. The molecule has 3 heterocycles. The van der Waals surface area contributed by atoms with E-state index in [9.17, 15) is 9.59 Å². The van der Waals surface area contributed by atoms with Crippen LogP contribution >= 0.6 is 0 Å². The van der Waals surface area contributed by atoms with Crippen LogP contribution in [0.1, 0.15) is 83.5 Å². The van der Waals surface area contributed by atoms with Gasteiger partial charge in [0, 0.05) is 49.3 Å². The number of para-hydroxylation sites is 1. The minimum absolute atomic E-state index is 0.144. The Hall–Kier alpha value is -3.02. The third-order valence-corrected chi connectivity index (χ3v) is 8.72. The lowest BCUT2D eigenvalue weighted by Crippen LogP contribution is -2.44. The highest BCUT2D eigenvalue weighted by Gasteiger charge is 2.49. The van der Waals surface area contributed by atoms with Crippen molar-refractivity contribution >= 4 is 23.3 Å². The summed E-state index contributed by atoms with van der Waals surface area (Å²) < 4.78 is 11.1. The molecule has 6 nitrogen and oxygen atoms in total. The number of benzene rings is 2. The molecule has 2 fully saturated rings. The van der Waals surface area contributed by atoms with E-state index in [1.165, 1.54) is 47.3 Å². The van der Waals surface area contributed by atoms with Crippen molar-refractivity contribution in [1.82, 2.24) is 0 Å². The number of hydrogen-bond acceptors (Lipinski definition) is 6. The number of esters is 2. The van der Waals surface area contributed by atoms with Crippen LogP contribution in [0.5, 0.6) is 0 Å². The largest absolute Gasteiger partial charge is 0.465 e. The molecule has 0 unspecified atom stereocenters. The van der Waals surface area contributed by atoms with Crippen LogP contribution in [-0.2, 0) is 31.9 Å². The van der Waals surface area contributed by atoms with Crippen molar-refractivity contribution in [2.75, 3.05) is 36.1 Å². The quantitative estimate of drug-likeness (QED) is 0.370. The molecule has 5 rings (SSSR count). The third kappa shape index (κ3) is 5.73. The lowest BCUT2D eigenvalue weighted by molar-refractivity contribution is -0.153. The second-order valence-corrected chi connectivity index (χ2v) is 13.8. The standard InChI is InChI=1S/C34H46N2O4/c1-33(2,3)31(37)39-21-17-23-12-14-25(15-13-23)35-20-16-26-28-11-8-19-36(28)29-24(9-7-10-27(29)30(26)35)18-22-40-32(38)34(4,5)6/h7,9-10,12-15,26,28,30H,8,11,16-22H2,1-6H3/t26-,28+,30-/m0/s1. The SMILES string of the molecule is CC(C)(C)C(=O)OCCc1ccc(N2CC[C@H]3[C@H]4CCCN4c4c(CCOC(=O)C(C)(C)C)cccc4[C@H]32)cc1. The van der Waals surface area contributed by atoms with E-state index < -0.39 is 10.8 Å². The van der Waals surface area contributed by atoms with Crippen LogP contribution in [0.4, 0.5) is 11.4 Å². The van der Waals surface area contributed by atoms with Crippen molar-refractivity contribution in [3.05, 3.63) is 59.2 Å². The van der Waals surface area contributed by atoms with Crippen molar-refractivity contribution in [2.24, 2.45) is 16.7 Å². The molecule has 3 atom stereocenters. The summed E-state index contributed by atoms with van der Waals surface area (Å²) in [7, 11) is 0. The van der Waals surface area contributed by atoms with Gasteiger partial charge in [-0.3, -0.25) is 9.59 Å². The van der Waals surface area contributed by atoms with E-state index in [1.807, 2.05) is 41.5 Å². The lowest BCUT2D eigenvalue weighted by Gasteiger charge is -2.45. The summed E-state index contributed by atoms with van der Waals surface area (Å²) >= 11 is 0.